The first-order chi connectivity index (χ1) is 23.0. The molecule has 4 unspecified atom stereocenters. The second-order valence-electron chi connectivity index (χ2n) is 17.0. The van der Waals surface area contributed by atoms with Gasteiger partial charge in [-0.2, -0.15) is 0 Å². The van der Waals surface area contributed by atoms with Gasteiger partial charge in [0, 0.05) is 32.0 Å². The molecule has 0 heterocycles. The van der Waals surface area contributed by atoms with Crippen molar-refractivity contribution in [2.75, 3.05) is 0 Å². The van der Waals surface area contributed by atoms with Crippen LogP contribution in [0.4, 0.5) is 0 Å². The number of allylic oxidation sites excluding steroid dienone is 16. The third kappa shape index (κ3) is 6.48. The molecule has 0 aliphatic heterocycles. The molecule has 2 aromatic carbocycles. The quantitative estimate of drug-likeness (QED) is 0.237. The van der Waals surface area contributed by atoms with Crippen molar-refractivity contribution in [1.82, 2.24) is 0 Å². The summed E-state index contributed by atoms with van der Waals surface area (Å²) in [6, 6.07) is 13.8. The van der Waals surface area contributed by atoms with Crippen LogP contribution in [0.2, 0.25) is 59.4 Å². The van der Waals surface area contributed by atoms with E-state index in [1.54, 1.807) is 11.1 Å². The Kier molecular flexibility index (Phi) is 9.87. The van der Waals surface area contributed by atoms with Gasteiger partial charge >= 0.3 is 0 Å². The van der Waals surface area contributed by atoms with E-state index in [-0.39, 0.29) is 21.9 Å². The average Bonchev–Trinajstić information content (AvgIpc) is 3.22. The lowest BCUT2D eigenvalue weighted by Crippen LogP contribution is -2.38. The summed E-state index contributed by atoms with van der Waals surface area (Å²) in [5.41, 5.74) is 11.7. The predicted octanol–water partition coefficient (Wildman–Crippen LogP) is 12.0. The fourth-order valence-electron chi connectivity index (χ4n) is 9.13. The van der Waals surface area contributed by atoms with E-state index in [1.165, 1.54) is 43.8 Å². The highest BCUT2D eigenvalue weighted by molar-refractivity contribution is 6.90. The Morgan fingerprint density at radius 3 is 1.33 bits per heavy atom. The van der Waals surface area contributed by atoms with Crippen molar-refractivity contribution in [3.05, 3.63) is 152 Å². The van der Waals surface area contributed by atoms with Crippen LogP contribution in [0.3, 0.4) is 0 Å². The van der Waals surface area contributed by atoms with Crippen LogP contribution in [0.5, 0.6) is 0 Å². The Balaban J connectivity index is 1.43. The molecule has 4 aliphatic carbocycles. The highest BCUT2D eigenvalue weighted by Gasteiger charge is 2.49. The number of hydrogen-bond acceptors (Lipinski definition) is 0. The van der Waals surface area contributed by atoms with Gasteiger partial charge in [0.2, 0.25) is 0 Å². The number of rotatable bonds is 8. The van der Waals surface area contributed by atoms with Crippen LogP contribution in [0.25, 0.3) is 0 Å². The fraction of sp³-hybridized carbons (Fsp3) is 0.364. The molecular weight excluding hydrogens is 684 g/mol. The molecule has 4 atom stereocenters. The van der Waals surface area contributed by atoms with Gasteiger partial charge < -0.3 is 0 Å². The molecule has 0 fully saturated rings. The number of halogens is 2. The van der Waals surface area contributed by atoms with Crippen molar-refractivity contribution < 1.29 is 0 Å². The molecule has 0 amide bonds. The summed E-state index contributed by atoms with van der Waals surface area (Å²) in [6.07, 6.45) is 26.0. The molecule has 0 spiro atoms. The smallest absolute Gasteiger partial charge is 0.0795 e. The fourth-order valence-corrected chi connectivity index (χ4v) is 17.5. The lowest BCUT2D eigenvalue weighted by molar-refractivity contribution is 0.732. The molecule has 0 saturated carbocycles. The van der Waals surface area contributed by atoms with Crippen molar-refractivity contribution in [2.45, 2.75) is 102 Å². The Labute approximate surface area is 311 Å². The van der Waals surface area contributed by atoms with Gasteiger partial charge in [-0.15, -0.1) is 0 Å². The SMILES string of the molecule is CCC1=CC2=C(C=CC=CC2c2ccc([Si](C)(C)C)c(Cl)c2)C1(C)[SiH2]C1(C)C(CC)=CC2=C1C=CC=CC2c1ccc([Si](C)(C)C)c(Cl)c1. The maximum absolute atomic E-state index is 7.00. The van der Waals surface area contributed by atoms with E-state index in [2.05, 4.69) is 164 Å². The monoisotopic (exact) mass is 736 g/mol. The minimum Gasteiger partial charge on any atom is -0.0845 e. The van der Waals surface area contributed by atoms with E-state index in [0.717, 1.165) is 22.9 Å². The third-order valence-corrected chi connectivity index (χ3v) is 19.8. The van der Waals surface area contributed by atoms with Crippen LogP contribution in [0.1, 0.15) is 63.5 Å². The lowest BCUT2D eigenvalue weighted by Gasteiger charge is -2.41. The summed E-state index contributed by atoms with van der Waals surface area (Å²) in [5, 5.41) is 4.59. The minimum absolute atomic E-state index is 0.0315. The molecule has 0 saturated heterocycles. The molecular formula is C44H54Cl2Si3. The summed E-state index contributed by atoms with van der Waals surface area (Å²) < 4.78 is 0. The zero-order valence-corrected chi connectivity index (χ0v) is 36.2. The molecule has 6 rings (SSSR count). The largest absolute Gasteiger partial charge is 0.0845 e. The Bertz CT molecular complexity index is 1790. The normalized spacial score (nSPS) is 26.8. The topological polar surface area (TPSA) is 0 Å². The molecule has 0 radical (unpaired) electrons. The van der Waals surface area contributed by atoms with Crippen molar-refractivity contribution in [2.24, 2.45) is 0 Å². The van der Waals surface area contributed by atoms with Crippen LogP contribution in [0.15, 0.2) is 131 Å². The Morgan fingerprint density at radius 1 is 0.612 bits per heavy atom. The van der Waals surface area contributed by atoms with E-state index in [0.29, 0.717) is 0 Å². The Hall–Kier alpha value is -2.41. The van der Waals surface area contributed by atoms with Gasteiger partial charge in [-0.3, -0.25) is 0 Å². The lowest BCUT2D eigenvalue weighted by atomic mass is 9.87. The summed E-state index contributed by atoms with van der Waals surface area (Å²) in [6.45, 7) is 24.1. The molecule has 0 bridgehead atoms. The van der Waals surface area contributed by atoms with Crippen molar-refractivity contribution >= 4 is 59.2 Å². The van der Waals surface area contributed by atoms with Gasteiger partial charge in [0.05, 0.1) is 25.7 Å². The van der Waals surface area contributed by atoms with Gasteiger partial charge in [0.15, 0.2) is 0 Å². The van der Waals surface area contributed by atoms with E-state index < -0.39 is 25.7 Å². The standard InChI is InChI=1S/C44H54Cl2Si3/c1-11-31-27-35-33(29-21-23-41(39(45)25-29)48(5,6)7)17-13-15-19-37(35)43(31,3)47-44(4)32(12-2)28-36-34(18-14-16-20-38(36)44)30-22-24-42(40(46)26-30)49(8,9)10/h13-28,33-34H,11-12,47H2,1-10H3. The number of hydrogen-bond donors (Lipinski definition) is 0. The molecule has 256 valence electrons. The van der Waals surface area contributed by atoms with E-state index >= 15 is 0 Å². The second kappa shape index (κ2) is 13.3. The maximum Gasteiger partial charge on any atom is 0.0795 e. The van der Waals surface area contributed by atoms with Crippen LogP contribution in [-0.4, -0.2) is 25.7 Å². The van der Waals surface area contributed by atoms with Gasteiger partial charge in [-0.05, 0) is 68.8 Å². The van der Waals surface area contributed by atoms with Crippen LogP contribution in [0, 0.1) is 0 Å². The summed E-state index contributed by atoms with van der Waals surface area (Å²) in [7, 11) is -3.89. The maximum atomic E-state index is 7.00. The van der Waals surface area contributed by atoms with Gasteiger partial charge in [-0.1, -0.05) is 186 Å². The average molecular weight is 738 g/mol. The van der Waals surface area contributed by atoms with E-state index in [4.69, 9.17) is 23.2 Å². The first-order valence-electron chi connectivity index (χ1n) is 18.2. The highest BCUT2D eigenvalue weighted by atomic mass is 35.5. The van der Waals surface area contributed by atoms with Crippen LogP contribution in [-0.2, 0) is 0 Å². The van der Waals surface area contributed by atoms with Gasteiger partial charge in [0.1, 0.15) is 0 Å². The molecule has 0 aromatic heterocycles. The molecule has 4 aliphatic rings. The van der Waals surface area contributed by atoms with Crippen LogP contribution >= 0.6 is 23.2 Å². The Morgan fingerprint density at radius 2 is 1.00 bits per heavy atom. The molecule has 2 aromatic rings. The number of benzene rings is 2. The molecule has 0 N–H and O–H groups in total. The van der Waals surface area contributed by atoms with E-state index in [1.807, 2.05) is 0 Å². The van der Waals surface area contributed by atoms with Crippen LogP contribution < -0.4 is 10.4 Å². The molecule has 0 nitrogen and oxygen atoms in total. The summed E-state index contributed by atoms with van der Waals surface area (Å²) in [4.78, 5) is 0. The van der Waals surface area contributed by atoms with Crippen molar-refractivity contribution in [1.29, 1.82) is 0 Å². The second-order valence-corrected chi connectivity index (χ2v) is 31.1. The summed E-state index contributed by atoms with van der Waals surface area (Å²) >= 11 is 14.0. The summed E-state index contributed by atoms with van der Waals surface area (Å²) in [5.74, 6) is 0.385. The molecule has 5 heteroatoms. The minimum atomic E-state index is -1.53. The first kappa shape index (κ1) is 36.4. The zero-order chi connectivity index (χ0) is 35.5. The molecule has 49 heavy (non-hydrogen) atoms. The first-order valence-corrected chi connectivity index (χ1v) is 27.4. The predicted molar refractivity (Wildman–Crippen MR) is 227 cm³/mol. The van der Waals surface area contributed by atoms with Crippen molar-refractivity contribution in [3.63, 3.8) is 0 Å². The third-order valence-electron chi connectivity index (χ3n) is 11.7. The van der Waals surface area contributed by atoms with E-state index in [9.17, 15) is 0 Å². The van der Waals surface area contributed by atoms with Crippen molar-refractivity contribution in [3.8, 4) is 0 Å². The van der Waals surface area contributed by atoms with Gasteiger partial charge in [0.25, 0.3) is 0 Å². The highest BCUT2D eigenvalue weighted by Crippen LogP contribution is 2.63. The van der Waals surface area contributed by atoms with Gasteiger partial charge in [-0.25, -0.2) is 0 Å². The zero-order valence-electron chi connectivity index (χ0n) is 31.3.